The van der Waals surface area contributed by atoms with Crippen molar-refractivity contribution in [3.8, 4) is 0 Å². The van der Waals surface area contributed by atoms with Crippen molar-refractivity contribution < 1.29 is 124 Å². The van der Waals surface area contributed by atoms with Crippen molar-refractivity contribution in [2.75, 3.05) is 33.0 Å². The van der Waals surface area contributed by atoms with E-state index in [0.29, 0.717) is 0 Å². The van der Waals surface area contributed by atoms with Crippen molar-refractivity contribution in [1.82, 2.24) is 0 Å². The Hall–Kier alpha value is -1.00. The summed E-state index contributed by atoms with van der Waals surface area (Å²) in [4.78, 5) is 0. The van der Waals surface area contributed by atoms with Crippen LogP contribution in [0.15, 0.2) is 0 Å². The molecule has 0 aromatic heterocycles. The highest BCUT2D eigenvalue weighted by molar-refractivity contribution is 4.99. The fraction of sp³-hybridized carbons (Fsp3) is 1.00. The van der Waals surface area contributed by atoms with Crippen molar-refractivity contribution in [2.24, 2.45) is 0 Å². The molecule has 0 aromatic rings. The Labute approximate surface area is 305 Å². The van der Waals surface area contributed by atoms with Gasteiger partial charge in [-0.2, -0.15) is 0 Å². The molecule has 5 heterocycles. The first-order valence-corrected chi connectivity index (χ1v) is 17.0. The van der Waals surface area contributed by atoms with Crippen LogP contribution in [-0.4, -0.2) is 262 Å². The summed E-state index contributed by atoms with van der Waals surface area (Å²) in [6.45, 7) is -4.31. The maximum Gasteiger partial charge on any atom is 0.187 e. The second kappa shape index (κ2) is 18.7. The quantitative estimate of drug-likeness (QED) is 0.0871. The minimum Gasteiger partial charge on any atom is -0.394 e. The van der Waals surface area contributed by atoms with Gasteiger partial charge in [-0.3, -0.25) is 0 Å². The van der Waals surface area contributed by atoms with Crippen LogP contribution in [0, 0.1) is 0 Å². The first-order chi connectivity index (χ1) is 25.6. The van der Waals surface area contributed by atoms with Crippen LogP contribution in [0.25, 0.3) is 0 Å². The van der Waals surface area contributed by atoms with Gasteiger partial charge in [0.2, 0.25) is 0 Å². The molecular weight excluding hydrogens is 748 g/mol. The normalized spacial score (nSPS) is 53.3. The molecule has 5 rings (SSSR count). The standard InChI is InChI=1S/C29H50O25/c30-1-7-12(36)15(39)19(43)27(48-7)52-22-13(37)8(2-31)49-28(20(22)44)54-24-23(53-26-18(42)11(35)6(34)5-46-26)14(38)9(3-32)50-29(24)51-21-10(4-33)47-25(45)17(41)16(21)40/h6-45H,1-5H2/t6-,7-,8-,9-,10-,11+,12-,13+,14-,15+,16-,17-,18-,19-,20-,21+,22+,23+,24-,25-,26+,27+,28+,29+/m1/s1. The molecule has 0 aliphatic carbocycles. The van der Waals surface area contributed by atoms with E-state index >= 15 is 0 Å². The number of rotatable bonds is 12. The van der Waals surface area contributed by atoms with Gasteiger partial charge in [-0.15, -0.1) is 0 Å². The number of ether oxygens (including phenoxy) is 9. The van der Waals surface area contributed by atoms with Gasteiger partial charge in [-0.1, -0.05) is 0 Å². The molecule has 5 aliphatic heterocycles. The minimum atomic E-state index is -2.18. The van der Waals surface area contributed by atoms with Crippen LogP contribution >= 0.6 is 0 Å². The lowest BCUT2D eigenvalue weighted by Gasteiger charge is -2.50. The summed E-state index contributed by atoms with van der Waals surface area (Å²) in [5.74, 6) is 0. The highest BCUT2D eigenvalue weighted by atomic mass is 16.8. The van der Waals surface area contributed by atoms with E-state index in [1.807, 2.05) is 0 Å². The Bertz CT molecular complexity index is 1160. The van der Waals surface area contributed by atoms with Gasteiger partial charge in [0.1, 0.15) is 116 Å². The molecule has 0 saturated carbocycles. The van der Waals surface area contributed by atoms with E-state index in [0.717, 1.165) is 0 Å². The Morgan fingerprint density at radius 3 is 1.41 bits per heavy atom. The molecule has 0 aromatic carbocycles. The van der Waals surface area contributed by atoms with Gasteiger partial charge in [0.05, 0.1) is 33.0 Å². The zero-order chi connectivity index (χ0) is 39.8. The summed E-state index contributed by atoms with van der Waals surface area (Å²) < 4.78 is 50.3. The fourth-order valence-electron chi connectivity index (χ4n) is 6.71. The average Bonchev–Trinajstić information content (AvgIpc) is 3.16. The van der Waals surface area contributed by atoms with Crippen LogP contribution < -0.4 is 0 Å². The van der Waals surface area contributed by atoms with Gasteiger partial charge in [0.15, 0.2) is 31.5 Å². The van der Waals surface area contributed by atoms with Crippen LogP contribution in [0.2, 0.25) is 0 Å². The molecule has 25 heteroatoms. The van der Waals surface area contributed by atoms with Crippen LogP contribution in [0.4, 0.5) is 0 Å². The molecule has 0 spiro atoms. The van der Waals surface area contributed by atoms with Crippen LogP contribution in [0.3, 0.4) is 0 Å². The summed E-state index contributed by atoms with van der Waals surface area (Å²) in [5, 5.41) is 166. The predicted molar refractivity (Wildman–Crippen MR) is 161 cm³/mol. The number of hydrogen-bond donors (Lipinski definition) is 16. The van der Waals surface area contributed by atoms with E-state index in [4.69, 9.17) is 42.6 Å². The van der Waals surface area contributed by atoms with Gasteiger partial charge in [-0.05, 0) is 0 Å². The zero-order valence-electron chi connectivity index (χ0n) is 28.2. The molecule has 0 radical (unpaired) electrons. The van der Waals surface area contributed by atoms with Gasteiger partial charge >= 0.3 is 0 Å². The van der Waals surface area contributed by atoms with Crippen molar-refractivity contribution in [2.45, 2.75) is 147 Å². The van der Waals surface area contributed by atoms with E-state index in [-0.39, 0.29) is 0 Å². The monoisotopic (exact) mass is 798 g/mol. The third-order valence-electron chi connectivity index (χ3n) is 9.93. The van der Waals surface area contributed by atoms with Crippen LogP contribution in [0.1, 0.15) is 0 Å². The SMILES string of the molecule is OC[C@H]1O[C@@H](O[C@H]2[C@H](O[C@@H]3[C@H](O)[C@@H](O)[C@H](O)O[C@@H]3CO)O[C@H](CO)[C@@H](O)[C@@H]2O[C@@H]2OC[C@@H](O)[C@H](O)[C@H]2O)[C@H](O)[C@@H](O[C@@H]2O[C@H](CO)[C@@H](O)[C@H](O)[C@H]2O)[C@H]1O. The number of aliphatic hydroxyl groups is 16. The van der Waals surface area contributed by atoms with E-state index in [2.05, 4.69) is 0 Å². The van der Waals surface area contributed by atoms with Crippen LogP contribution in [-0.2, 0) is 42.6 Å². The topological polar surface area (TPSA) is 407 Å². The van der Waals surface area contributed by atoms with Crippen molar-refractivity contribution in [3.63, 3.8) is 0 Å². The van der Waals surface area contributed by atoms with E-state index in [1.54, 1.807) is 0 Å². The summed E-state index contributed by atoms with van der Waals surface area (Å²) in [6.07, 6.45) is -45.1. The molecule has 5 fully saturated rings. The second-order valence-electron chi connectivity index (χ2n) is 13.5. The molecule has 54 heavy (non-hydrogen) atoms. The number of aliphatic hydroxyl groups excluding tert-OH is 16. The van der Waals surface area contributed by atoms with E-state index in [1.165, 1.54) is 0 Å². The predicted octanol–water partition coefficient (Wildman–Crippen LogP) is -11.3. The lowest BCUT2D eigenvalue weighted by atomic mass is 9.95. The average molecular weight is 799 g/mol. The molecule has 0 amide bonds. The first kappa shape index (κ1) is 44.1. The van der Waals surface area contributed by atoms with E-state index in [9.17, 15) is 81.7 Å². The lowest BCUT2D eigenvalue weighted by molar-refractivity contribution is -0.408. The summed E-state index contributed by atoms with van der Waals surface area (Å²) in [7, 11) is 0. The minimum absolute atomic E-state index is 0.585. The molecule has 0 bridgehead atoms. The van der Waals surface area contributed by atoms with Crippen molar-refractivity contribution in [1.29, 1.82) is 0 Å². The zero-order valence-corrected chi connectivity index (χ0v) is 28.2. The molecule has 16 N–H and O–H groups in total. The van der Waals surface area contributed by atoms with Gasteiger partial charge in [-0.25, -0.2) is 0 Å². The van der Waals surface area contributed by atoms with Gasteiger partial charge in [0, 0.05) is 0 Å². The Kier molecular flexibility index (Phi) is 15.3. The van der Waals surface area contributed by atoms with Gasteiger partial charge in [0.25, 0.3) is 0 Å². The highest BCUT2D eigenvalue weighted by Gasteiger charge is 2.57. The molecule has 316 valence electrons. The third kappa shape index (κ3) is 8.85. The molecular formula is C29H50O25. The third-order valence-corrected chi connectivity index (χ3v) is 9.93. The first-order valence-electron chi connectivity index (χ1n) is 17.0. The Morgan fingerprint density at radius 2 is 0.815 bits per heavy atom. The second-order valence-corrected chi connectivity index (χ2v) is 13.5. The maximum atomic E-state index is 11.5. The molecule has 5 aliphatic rings. The molecule has 25 nitrogen and oxygen atoms in total. The van der Waals surface area contributed by atoms with Crippen molar-refractivity contribution >= 4 is 0 Å². The lowest BCUT2D eigenvalue weighted by Crippen LogP contribution is -2.69. The largest absolute Gasteiger partial charge is 0.394 e. The fourth-order valence-corrected chi connectivity index (χ4v) is 6.71. The number of hydrogen-bond acceptors (Lipinski definition) is 25. The van der Waals surface area contributed by atoms with Crippen LogP contribution in [0.5, 0.6) is 0 Å². The highest BCUT2D eigenvalue weighted by Crippen LogP contribution is 2.36. The maximum absolute atomic E-state index is 11.5. The summed E-state index contributed by atoms with van der Waals surface area (Å²) in [5.41, 5.74) is 0. The van der Waals surface area contributed by atoms with Gasteiger partial charge < -0.3 is 124 Å². The van der Waals surface area contributed by atoms with Crippen molar-refractivity contribution in [3.05, 3.63) is 0 Å². The summed E-state index contributed by atoms with van der Waals surface area (Å²) >= 11 is 0. The smallest absolute Gasteiger partial charge is 0.187 e. The summed E-state index contributed by atoms with van der Waals surface area (Å²) in [6, 6.07) is 0. The van der Waals surface area contributed by atoms with E-state index < -0.39 is 180 Å². The molecule has 24 atom stereocenters. The Balaban J connectivity index is 1.48. The molecule has 5 saturated heterocycles. The molecule has 0 unspecified atom stereocenters. The Morgan fingerprint density at radius 1 is 0.352 bits per heavy atom.